The fourth-order valence-corrected chi connectivity index (χ4v) is 3.74. The maximum Gasteiger partial charge on any atom is 0.120 e. The first kappa shape index (κ1) is 21.0. The molecule has 28 heavy (non-hydrogen) atoms. The number of hydrogen-bond acceptors (Lipinski definition) is 1. The van der Waals surface area contributed by atoms with Crippen LogP contribution in [0.5, 0.6) is 5.75 Å². The zero-order chi connectivity index (χ0) is 18.6. The number of benzene rings is 4. The van der Waals surface area contributed by atoms with Gasteiger partial charge in [0.25, 0.3) is 0 Å². The molecule has 0 aliphatic heterocycles. The average Bonchev–Trinajstić information content (AvgIpc) is 2.75. The van der Waals surface area contributed by atoms with Gasteiger partial charge in [-0.15, -0.1) is 0 Å². The normalized spacial score (nSPS) is 10.3. The zero-order valence-corrected chi connectivity index (χ0v) is 19.5. The molecule has 0 heterocycles. The molecule has 0 amide bonds. The van der Waals surface area contributed by atoms with E-state index in [1.807, 2.05) is 36.4 Å². The largest absolute Gasteiger partial charge is 0.508 e. The van der Waals surface area contributed by atoms with E-state index in [-0.39, 0.29) is 51.4 Å². The van der Waals surface area contributed by atoms with E-state index in [2.05, 4.69) is 67.6 Å². The summed E-state index contributed by atoms with van der Waals surface area (Å²) < 4.78 is 0. The van der Waals surface area contributed by atoms with Crippen LogP contribution in [0, 0.1) is 0 Å². The second kappa shape index (κ2) is 9.68. The van der Waals surface area contributed by atoms with Crippen molar-refractivity contribution in [1.82, 2.24) is 0 Å². The number of rotatable bonds is 4. The second-order valence-corrected chi connectivity index (χ2v) is 6.62. The van der Waals surface area contributed by atoms with Gasteiger partial charge in [0.2, 0.25) is 0 Å². The van der Waals surface area contributed by atoms with E-state index in [0.29, 0.717) is 5.75 Å². The summed E-state index contributed by atoms with van der Waals surface area (Å²) in [4.78, 5) is 0. The molecule has 0 unspecified atom stereocenters. The van der Waals surface area contributed by atoms with Crippen molar-refractivity contribution in [3.05, 3.63) is 103 Å². The molecule has 0 saturated carbocycles. The number of phenols is 1. The Balaban J connectivity index is 0.00000225. The third-order valence-electron chi connectivity index (χ3n) is 4.97. The molecule has 0 fully saturated rings. The van der Waals surface area contributed by atoms with Crippen LogP contribution in [-0.4, -0.2) is 56.5 Å². The van der Waals surface area contributed by atoms with Gasteiger partial charge in [0.1, 0.15) is 5.75 Å². The van der Waals surface area contributed by atoms with Crippen molar-refractivity contribution in [1.29, 1.82) is 0 Å². The van der Waals surface area contributed by atoms with E-state index in [4.69, 9.17) is 0 Å². The van der Waals surface area contributed by atoms with Crippen molar-refractivity contribution >= 4 is 51.4 Å². The van der Waals surface area contributed by atoms with Crippen molar-refractivity contribution in [2.45, 2.75) is 13.3 Å². The fraction of sp³-hybridized carbons (Fsp3) is 0.0769. The summed E-state index contributed by atoms with van der Waals surface area (Å²) in [6.45, 7) is 2.10. The Morgan fingerprint density at radius 2 is 1.04 bits per heavy atom. The van der Waals surface area contributed by atoms with Gasteiger partial charge in [-0.25, -0.2) is 0 Å². The van der Waals surface area contributed by atoms with E-state index < -0.39 is 0 Å². The van der Waals surface area contributed by atoms with Gasteiger partial charge in [-0.2, -0.15) is 0 Å². The summed E-state index contributed by atoms with van der Waals surface area (Å²) in [5, 5.41) is 10.9. The van der Waals surface area contributed by atoms with Gasteiger partial charge < -0.3 is 5.11 Å². The maximum absolute atomic E-state index is 10.9. The number of hydrogen-bond donors (Lipinski definition) is 1. The molecular weight excluding hydrogens is 367 g/mol. The predicted octanol–water partition coefficient (Wildman–Crippen LogP) is 6.57. The van der Waals surface area contributed by atoms with Gasteiger partial charge in [0.05, 0.1) is 0 Å². The molecule has 4 aromatic carbocycles. The molecule has 0 aliphatic rings. The topological polar surface area (TPSA) is 20.2 Å². The first-order valence-corrected chi connectivity index (χ1v) is 9.34. The molecule has 4 aromatic rings. The van der Waals surface area contributed by atoms with E-state index in [1.54, 1.807) is 0 Å². The van der Waals surface area contributed by atoms with Crippen LogP contribution in [0.25, 0.3) is 33.4 Å². The van der Waals surface area contributed by atoms with Gasteiger partial charge in [-0.3, -0.25) is 0 Å². The van der Waals surface area contributed by atoms with Crippen molar-refractivity contribution in [2.24, 2.45) is 0 Å². The quantitative estimate of drug-likeness (QED) is 0.391. The molecule has 1 N–H and O–H groups in total. The summed E-state index contributed by atoms with van der Waals surface area (Å²) in [7, 11) is 0. The van der Waals surface area contributed by atoms with Crippen molar-refractivity contribution < 1.29 is 5.11 Å². The standard InChI is InChI=1S/C26H22O.K/c1-2-22-24(27)18-23(19-12-6-3-7-13-19)26(21-16-10-5-11-17-21)25(22)20-14-8-4-9-15-20;/h3-18,27H,2H2,1H3;. The Hall–Kier alpha value is -1.68. The van der Waals surface area contributed by atoms with Gasteiger partial charge in [0.15, 0.2) is 0 Å². The summed E-state index contributed by atoms with van der Waals surface area (Å²) in [5.41, 5.74) is 7.71. The van der Waals surface area contributed by atoms with Crippen LogP contribution in [0.15, 0.2) is 97.1 Å². The Labute approximate surface area is 209 Å². The summed E-state index contributed by atoms with van der Waals surface area (Å²) in [6.07, 6.45) is 0.769. The molecule has 0 aromatic heterocycles. The molecular formula is C26H22KO. The molecule has 0 atom stereocenters. The van der Waals surface area contributed by atoms with Crippen LogP contribution < -0.4 is 0 Å². The summed E-state index contributed by atoms with van der Waals surface area (Å²) in [6, 6.07) is 33.0. The molecule has 133 valence electrons. The number of aromatic hydroxyl groups is 1. The molecule has 0 saturated heterocycles. The van der Waals surface area contributed by atoms with E-state index >= 15 is 0 Å². The van der Waals surface area contributed by atoms with Crippen molar-refractivity contribution in [3.8, 4) is 39.1 Å². The van der Waals surface area contributed by atoms with Crippen molar-refractivity contribution in [2.75, 3.05) is 0 Å². The SMILES string of the molecule is CCc1c(O)cc(-c2ccccc2)c(-c2ccccc2)c1-c1ccccc1.[K]. The Bertz CT molecular complexity index is 1040. The van der Waals surface area contributed by atoms with E-state index in [0.717, 1.165) is 39.8 Å². The van der Waals surface area contributed by atoms with Crippen LogP contribution in [0.2, 0.25) is 0 Å². The monoisotopic (exact) mass is 389 g/mol. The smallest absolute Gasteiger partial charge is 0.120 e. The van der Waals surface area contributed by atoms with Gasteiger partial charge in [0, 0.05) is 56.9 Å². The maximum atomic E-state index is 10.9. The first-order chi connectivity index (χ1) is 13.3. The summed E-state index contributed by atoms with van der Waals surface area (Å²) >= 11 is 0. The van der Waals surface area contributed by atoms with Crippen LogP contribution >= 0.6 is 0 Å². The zero-order valence-electron chi connectivity index (χ0n) is 16.4. The molecule has 0 bridgehead atoms. The molecule has 0 spiro atoms. The average molecular weight is 390 g/mol. The minimum Gasteiger partial charge on any atom is -0.508 e. The number of phenolic OH excluding ortho intramolecular Hbond substituents is 1. The van der Waals surface area contributed by atoms with Gasteiger partial charge >= 0.3 is 0 Å². The molecule has 0 aliphatic carbocycles. The molecule has 2 heteroatoms. The molecule has 1 radical (unpaired) electrons. The van der Waals surface area contributed by atoms with Crippen LogP contribution in [0.4, 0.5) is 0 Å². The van der Waals surface area contributed by atoms with E-state index in [1.165, 1.54) is 5.56 Å². The van der Waals surface area contributed by atoms with Crippen LogP contribution in [-0.2, 0) is 6.42 Å². The second-order valence-electron chi connectivity index (χ2n) is 6.62. The predicted molar refractivity (Wildman–Crippen MR) is 120 cm³/mol. The van der Waals surface area contributed by atoms with E-state index in [9.17, 15) is 5.11 Å². The third kappa shape index (κ3) is 4.17. The minimum absolute atomic E-state index is 0. The van der Waals surface area contributed by atoms with Gasteiger partial charge in [-0.05, 0) is 45.9 Å². The van der Waals surface area contributed by atoms with Crippen LogP contribution in [0.3, 0.4) is 0 Å². The van der Waals surface area contributed by atoms with Gasteiger partial charge in [-0.1, -0.05) is 97.9 Å². The van der Waals surface area contributed by atoms with Crippen LogP contribution in [0.1, 0.15) is 12.5 Å². The Morgan fingerprint density at radius 3 is 1.50 bits per heavy atom. The molecule has 1 nitrogen and oxygen atoms in total. The Kier molecular flexibility index (Phi) is 7.28. The fourth-order valence-electron chi connectivity index (χ4n) is 3.74. The Morgan fingerprint density at radius 1 is 0.607 bits per heavy atom. The first-order valence-electron chi connectivity index (χ1n) is 9.34. The van der Waals surface area contributed by atoms with Crippen molar-refractivity contribution in [3.63, 3.8) is 0 Å². The summed E-state index contributed by atoms with van der Waals surface area (Å²) in [5.74, 6) is 0.356. The molecule has 4 rings (SSSR count). The third-order valence-corrected chi connectivity index (χ3v) is 4.97. The minimum atomic E-state index is 0.